The molecule has 0 aliphatic rings. The van der Waals surface area contributed by atoms with Crippen LogP contribution in [0.3, 0.4) is 0 Å². The average Bonchev–Trinajstić information content (AvgIpc) is 2.36. The molecule has 0 fully saturated rings. The van der Waals surface area contributed by atoms with E-state index in [9.17, 15) is 0 Å². The lowest BCUT2D eigenvalue weighted by Gasteiger charge is -2.11. The third kappa shape index (κ3) is 4.39. The third-order valence-electron chi connectivity index (χ3n) is 2.02. The Hall–Kier alpha value is -1.63. The zero-order valence-electron chi connectivity index (χ0n) is 10.6. The molecule has 1 aromatic heterocycles. The van der Waals surface area contributed by atoms with Crippen molar-refractivity contribution in [1.82, 2.24) is 15.0 Å². The predicted octanol–water partition coefficient (Wildman–Crippen LogP) is 0.583. The lowest BCUT2D eigenvalue weighted by Crippen LogP contribution is -2.17. The molecular formula is C10H18N4O3. The highest BCUT2D eigenvalue weighted by Gasteiger charge is 2.08. The highest BCUT2D eigenvalue weighted by atomic mass is 16.5. The maximum Gasteiger partial charge on any atom is 0.324 e. The first kappa shape index (κ1) is 13.4. The normalized spacial score (nSPS) is 12.0. The molecule has 1 unspecified atom stereocenters. The van der Waals surface area contributed by atoms with Gasteiger partial charge in [-0.2, -0.15) is 9.97 Å². The Balaban J connectivity index is 2.63. The van der Waals surface area contributed by atoms with Gasteiger partial charge in [0, 0.05) is 13.7 Å². The van der Waals surface area contributed by atoms with Crippen LogP contribution < -0.4 is 14.8 Å². The molecule has 1 atom stereocenters. The van der Waals surface area contributed by atoms with Gasteiger partial charge in [0.15, 0.2) is 0 Å². The van der Waals surface area contributed by atoms with Gasteiger partial charge in [-0.15, -0.1) is 4.98 Å². The fraction of sp³-hybridized carbons (Fsp3) is 0.700. The number of nitrogens with zero attached hydrogens (tertiary/aromatic N) is 3. The summed E-state index contributed by atoms with van der Waals surface area (Å²) in [5.74, 6) is 0.783. The van der Waals surface area contributed by atoms with Gasteiger partial charge in [0.25, 0.3) is 0 Å². The summed E-state index contributed by atoms with van der Waals surface area (Å²) in [6, 6.07) is 0.442. The van der Waals surface area contributed by atoms with Crippen LogP contribution >= 0.6 is 0 Å². The van der Waals surface area contributed by atoms with E-state index in [-0.39, 0.29) is 12.0 Å². The molecule has 7 nitrogen and oxygen atoms in total. The SMILES string of the molecule is COCC(C)CNc1nc(OC)nc(OC)n1. The zero-order chi connectivity index (χ0) is 12.7. The zero-order valence-corrected chi connectivity index (χ0v) is 10.6. The molecule has 0 aliphatic carbocycles. The van der Waals surface area contributed by atoms with E-state index in [4.69, 9.17) is 14.2 Å². The van der Waals surface area contributed by atoms with Crippen molar-refractivity contribution in [2.75, 3.05) is 39.8 Å². The Morgan fingerprint density at radius 1 is 1.06 bits per heavy atom. The van der Waals surface area contributed by atoms with Crippen molar-refractivity contribution in [3.8, 4) is 12.0 Å². The molecule has 17 heavy (non-hydrogen) atoms. The molecule has 0 radical (unpaired) electrons. The summed E-state index contributed by atoms with van der Waals surface area (Å²) in [7, 11) is 4.66. The Bertz CT molecular complexity index is 326. The van der Waals surface area contributed by atoms with Crippen molar-refractivity contribution in [2.45, 2.75) is 6.92 Å². The molecular weight excluding hydrogens is 224 g/mol. The molecule has 96 valence electrons. The average molecular weight is 242 g/mol. The molecule has 0 aromatic carbocycles. The quantitative estimate of drug-likeness (QED) is 0.749. The molecule has 0 amide bonds. The highest BCUT2D eigenvalue weighted by molar-refractivity contribution is 5.27. The van der Waals surface area contributed by atoms with Crippen LogP contribution in [0.2, 0.25) is 0 Å². The van der Waals surface area contributed by atoms with Crippen LogP contribution in [0.15, 0.2) is 0 Å². The van der Waals surface area contributed by atoms with Gasteiger partial charge < -0.3 is 19.5 Å². The van der Waals surface area contributed by atoms with E-state index in [1.165, 1.54) is 14.2 Å². The van der Waals surface area contributed by atoms with Gasteiger partial charge in [-0.3, -0.25) is 0 Å². The summed E-state index contributed by atoms with van der Waals surface area (Å²) < 4.78 is 14.9. The summed E-state index contributed by atoms with van der Waals surface area (Å²) in [6.07, 6.45) is 0. The maximum absolute atomic E-state index is 5.04. The first-order chi connectivity index (χ1) is 8.19. The molecule has 0 aliphatic heterocycles. The predicted molar refractivity (Wildman–Crippen MR) is 62.5 cm³/mol. The molecule has 1 N–H and O–H groups in total. The van der Waals surface area contributed by atoms with Crippen molar-refractivity contribution in [1.29, 1.82) is 0 Å². The number of ether oxygens (including phenoxy) is 3. The van der Waals surface area contributed by atoms with E-state index in [2.05, 4.69) is 27.2 Å². The number of nitrogens with one attached hydrogen (secondary N) is 1. The van der Waals surface area contributed by atoms with E-state index < -0.39 is 0 Å². The van der Waals surface area contributed by atoms with Gasteiger partial charge in [-0.25, -0.2) is 0 Å². The van der Waals surface area contributed by atoms with Crippen molar-refractivity contribution in [2.24, 2.45) is 5.92 Å². The molecule has 1 rings (SSSR count). The lowest BCUT2D eigenvalue weighted by molar-refractivity contribution is 0.164. The van der Waals surface area contributed by atoms with Crippen LogP contribution in [-0.4, -0.2) is 49.4 Å². The minimum Gasteiger partial charge on any atom is -0.467 e. The Labute approximate surface area is 101 Å². The maximum atomic E-state index is 5.04. The first-order valence-corrected chi connectivity index (χ1v) is 5.26. The highest BCUT2D eigenvalue weighted by Crippen LogP contribution is 2.12. The molecule has 1 aromatic rings. The minimum absolute atomic E-state index is 0.221. The van der Waals surface area contributed by atoms with Gasteiger partial charge in [-0.1, -0.05) is 6.92 Å². The third-order valence-corrected chi connectivity index (χ3v) is 2.02. The number of rotatable bonds is 7. The van der Waals surface area contributed by atoms with Crippen molar-refractivity contribution in [3.05, 3.63) is 0 Å². The summed E-state index contributed by atoms with van der Waals surface area (Å²) in [5, 5.41) is 3.08. The number of aromatic nitrogens is 3. The largest absolute Gasteiger partial charge is 0.467 e. The van der Waals surface area contributed by atoms with Gasteiger partial charge in [0.05, 0.1) is 20.8 Å². The summed E-state index contributed by atoms with van der Waals surface area (Å²) >= 11 is 0. The van der Waals surface area contributed by atoms with Crippen LogP contribution in [0.1, 0.15) is 6.92 Å². The van der Waals surface area contributed by atoms with Crippen molar-refractivity contribution in [3.63, 3.8) is 0 Å². The van der Waals surface area contributed by atoms with Crippen LogP contribution in [-0.2, 0) is 4.74 Å². The van der Waals surface area contributed by atoms with Gasteiger partial charge in [0.1, 0.15) is 0 Å². The smallest absolute Gasteiger partial charge is 0.324 e. The van der Waals surface area contributed by atoms with E-state index in [1.807, 2.05) is 0 Å². The van der Waals surface area contributed by atoms with E-state index in [0.29, 0.717) is 25.0 Å². The molecule has 0 bridgehead atoms. The number of hydrogen-bond acceptors (Lipinski definition) is 7. The molecule has 0 saturated carbocycles. The van der Waals surface area contributed by atoms with Crippen molar-refractivity contribution >= 4 is 5.95 Å². The molecule has 7 heteroatoms. The molecule has 0 spiro atoms. The summed E-state index contributed by atoms with van der Waals surface area (Å²) in [5.41, 5.74) is 0. The summed E-state index contributed by atoms with van der Waals surface area (Å²) in [4.78, 5) is 12.0. The second kappa shape index (κ2) is 6.85. The molecule has 1 heterocycles. The van der Waals surface area contributed by atoms with Gasteiger partial charge >= 0.3 is 12.0 Å². The number of hydrogen-bond donors (Lipinski definition) is 1. The Kier molecular flexibility index (Phi) is 5.41. The second-order valence-corrected chi connectivity index (χ2v) is 3.57. The Morgan fingerprint density at radius 3 is 2.12 bits per heavy atom. The lowest BCUT2D eigenvalue weighted by atomic mass is 10.2. The van der Waals surface area contributed by atoms with E-state index in [0.717, 1.165) is 0 Å². The minimum atomic E-state index is 0.221. The van der Waals surface area contributed by atoms with Crippen LogP contribution in [0, 0.1) is 5.92 Å². The van der Waals surface area contributed by atoms with Gasteiger partial charge in [-0.05, 0) is 5.92 Å². The van der Waals surface area contributed by atoms with Crippen molar-refractivity contribution < 1.29 is 14.2 Å². The summed E-state index contributed by atoms with van der Waals surface area (Å²) in [6.45, 7) is 3.43. The van der Waals surface area contributed by atoms with E-state index >= 15 is 0 Å². The van der Waals surface area contributed by atoms with Crippen LogP contribution in [0.4, 0.5) is 5.95 Å². The monoisotopic (exact) mass is 242 g/mol. The second-order valence-electron chi connectivity index (χ2n) is 3.57. The Morgan fingerprint density at radius 2 is 1.65 bits per heavy atom. The van der Waals surface area contributed by atoms with Gasteiger partial charge in [0.2, 0.25) is 5.95 Å². The van der Waals surface area contributed by atoms with E-state index in [1.54, 1.807) is 7.11 Å². The fourth-order valence-electron chi connectivity index (χ4n) is 1.21. The van der Waals surface area contributed by atoms with Crippen LogP contribution in [0.5, 0.6) is 12.0 Å². The topological polar surface area (TPSA) is 78.4 Å². The first-order valence-electron chi connectivity index (χ1n) is 5.26. The fourth-order valence-corrected chi connectivity index (χ4v) is 1.21. The van der Waals surface area contributed by atoms with Crippen LogP contribution in [0.25, 0.3) is 0 Å². The number of methoxy groups -OCH3 is 3. The number of anilines is 1. The molecule has 0 saturated heterocycles. The standard InChI is InChI=1S/C10H18N4O3/c1-7(6-15-2)5-11-8-12-9(16-3)14-10(13-8)17-4/h7H,5-6H2,1-4H3,(H,11,12,13,14).